The number of aromatic nitrogens is 1. The van der Waals surface area contributed by atoms with Gasteiger partial charge in [-0.15, -0.1) is 0 Å². The maximum Gasteiger partial charge on any atom is 0.261 e. The summed E-state index contributed by atoms with van der Waals surface area (Å²) in [7, 11) is -7.78. The average molecular weight is 457 g/mol. The lowest BCUT2D eigenvalue weighted by Gasteiger charge is -2.22. The molecule has 2 aromatic rings. The molecule has 2 heterocycles. The Hall–Kier alpha value is -2.58. The molecule has 1 aliphatic rings. The molecular formula is C17H20N4O7S2. The number of nitrogens with zero attached hydrogens (tertiary/aromatic N) is 2. The summed E-state index contributed by atoms with van der Waals surface area (Å²) in [5.41, 5.74) is 1.43. The Bertz CT molecular complexity index is 1110. The smallest absolute Gasteiger partial charge is 0.261 e. The second-order valence-corrected chi connectivity index (χ2v) is 10.3. The van der Waals surface area contributed by atoms with E-state index in [2.05, 4.69) is 9.71 Å². The van der Waals surface area contributed by atoms with Crippen molar-refractivity contribution in [2.75, 3.05) is 12.8 Å². The maximum atomic E-state index is 13.1. The summed E-state index contributed by atoms with van der Waals surface area (Å²) in [6, 6.07) is 6.74. The summed E-state index contributed by atoms with van der Waals surface area (Å²) in [6.07, 6.45) is 3.92. The van der Waals surface area contributed by atoms with Gasteiger partial charge in [-0.1, -0.05) is 0 Å². The second kappa shape index (κ2) is 8.65. The van der Waals surface area contributed by atoms with E-state index in [0.717, 1.165) is 10.6 Å². The Morgan fingerprint density at radius 3 is 2.27 bits per heavy atom. The number of carbonyl (C=O) groups is 1. The third-order valence-electron chi connectivity index (χ3n) is 4.37. The van der Waals surface area contributed by atoms with Crippen molar-refractivity contribution < 1.29 is 31.6 Å². The van der Waals surface area contributed by atoms with E-state index in [9.17, 15) is 21.6 Å². The topological polar surface area (TPSA) is 155 Å². The normalized spacial score (nSPS) is 20.1. The molecule has 1 amide bonds. The highest BCUT2D eigenvalue weighted by molar-refractivity contribution is 7.89. The van der Waals surface area contributed by atoms with Crippen molar-refractivity contribution in [3.05, 3.63) is 48.8 Å². The van der Waals surface area contributed by atoms with Crippen LogP contribution < -0.4 is 14.9 Å². The molecular weight excluding hydrogens is 436 g/mol. The number of hydrogen-bond donors (Lipinski definition) is 3. The number of pyridine rings is 1. The van der Waals surface area contributed by atoms with Crippen LogP contribution in [0.4, 0.5) is 0 Å². The molecule has 13 heteroatoms. The Labute approximate surface area is 173 Å². The highest BCUT2D eigenvalue weighted by Crippen LogP contribution is 2.29. The van der Waals surface area contributed by atoms with Crippen LogP contribution in [0.15, 0.2) is 53.7 Å². The number of hydroxylamine groups is 1. The van der Waals surface area contributed by atoms with Crippen LogP contribution in [0.25, 0.3) is 0 Å². The fourth-order valence-electron chi connectivity index (χ4n) is 3.13. The standard InChI is InChI=1S/C17H20N4O7S2/c1-29(24,25)20-12-10-16(17(22)19-23)21(11-12)30(26,27)15-4-2-13(3-5-15)28-14-6-8-18-9-7-14/h2-9,12,16,20,23H,10-11H2,1H3,(H,19,22)/t12-,16+/m0/s1. The van der Waals surface area contributed by atoms with E-state index in [1.54, 1.807) is 24.5 Å². The van der Waals surface area contributed by atoms with Crippen molar-refractivity contribution in [3.8, 4) is 11.5 Å². The summed E-state index contributed by atoms with van der Waals surface area (Å²) < 4.78 is 57.9. The molecule has 0 spiro atoms. The third-order valence-corrected chi connectivity index (χ3v) is 7.02. The van der Waals surface area contributed by atoms with Crippen LogP contribution in [0, 0.1) is 0 Å². The lowest BCUT2D eigenvalue weighted by atomic mass is 10.2. The highest BCUT2D eigenvalue weighted by atomic mass is 32.2. The van der Waals surface area contributed by atoms with Crippen molar-refractivity contribution in [1.82, 2.24) is 19.5 Å². The number of ether oxygens (including phenoxy) is 1. The molecule has 1 aromatic carbocycles. The van der Waals surface area contributed by atoms with Crippen LogP contribution in [-0.4, -0.2) is 62.1 Å². The number of benzene rings is 1. The maximum absolute atomic E-state index is 13.1. The molecule has 30 heavy (non-hydrogen) atoms. The van der Waals surface area contributed by atoms with E-state index in [1.807, 2.05) is 0 Å². The largest absolute Gasteiger partial charge is 0.457 e. The molecule has 11 nitrogen and oxygen atoms in total. The first-order chi connectivity index (χ1) is 14.1. The fourth-order valence-corrected chi connectivity index (χ4v) is 5.55. The van der Waals surface area contributed by atoms with Gasteiger partial charge in [-0.25, -0.2) is 27.0 Å². The Morgan fingerprint density at radius 2 is 1.70 bits per heavy atom. The van der Waals surface area contributed by atoms with Gasteiger partial charge in [0.05, 0.1) is 11.2 Å². The van der Waals surface area contributed by atoms with Gasteiger partial charge < -0.3 is 4.74 Å². The monoisotopic (exact) mass is 456 g/mol. The minimum Gasteiger partial charge on any atom is -0.457 e. The summed E-state index contributed by atoms with van der Waals surface area (Å²) >= 11 is 0. The molecule has 1 aromatic heterocycles. The number of sulfonamides is 2. The van der Waals surface area contributed by atoms with Gasteiger partial charge in [-0.05, 0) is 42.8 Å². The van der Waals surface area contributed by atoms with Crippen molar-refractivity contribution in [1.29, 1.82) is 0 Å². The summed E-state index contributed by atoms with van der Waals surface area (Å²) in [4.78, 5) is 15.8. The van der Waals surface area contributed by atoms with Crippen LogP contribution in [0.2, 0.25) is 0 Å². The molecule has 2 atom stereocenters. The van der Waals surface area contributed by atoms with Crippen LogP contribution in [0.1, 0.15) is 6.42 Å². The van der Waals surface area contributed by atoms with Crippen LogP contribution >= 0.6 is 0 Å². The number of nitrogens with one attached hydrogen (secondary N) is 2. The number of hydrogen-bond acceptors (Lipinski definition) is 8. The Kier molecular flexibility index (Phi) is 6.38. The number of rotatable bonds is 7. The lowest BCUT2D eigenvalue weighted by Crippen LogP contribution is -2.45. The molecule has 1 aliphatic heterocycles. The highest BCUT2D eigenvalue weighted by Gasteiger charge is 2.44. The first-order valence-electron chi connectivity index (χ1n) is 8.71. The zero-order valence-corrected chi connectivity index (χ0v) is 17.4. The van der Waals surface area contributed by atoms with E-state index < -0.39 is 38.0 Å². The average Bonchev–Trinajstić information content (AvgIpc) is 3.11. The van der Waals surface area contributed by atoms with E-state index in [4.69, 9.17) is 9.94 Å². The first-order valence-corrected chi connectivity index (χ1v) is 12.0. The van der Waals surface area contributed by atoms with Crippen molar-refractivity contribution >= 4 is 26.0 Å². The van der Waals surface area contributed by atoms with Gasteiger partial charge in [0.25, 0.3) is 5.91 Å². The molecule has 3 N–H and O–H groups in total. The SMILES string of the molecule is CS(=O)(=O)N[C@H]1C[C@H](C(=O)NO)N(S(=O)(=O)c2ccc(Oc3ccncc3)cc2)C1. The van der Waals surface area contributed by atoms with Crippen molar-refractivity contribution in [3.63, 3.8) is 0 Å². The van der Waals surface area contributed by atoms with Crippen LogP contribution in [0.5, 0.6) is 11.5 Å². The molecule has 0 saturated carbocycles. The minimum absolute atomic E-state index is 0.111. The predicted octanol–water partition coefficient (Wildman–Crippen LogP) is 0.0601. The third kappa shape index (κ3) is 5.12. The van der Waals surface area contributed by atoms with E-state index in [-0.39, 0.29) is 17.9 Å². The molecule has 3 rings (SSSR count). The van der Waals surface area contributed by atoms with Gasteiger partial charge in [0.15, 0.2) is 0 Å². The Morgan fingerprint density at radius 1 is 1.10 bits per heavy atom. The molecule has 0 bridgehead atoms. The van der Waals surface area contributed by atoms with Gasteiger partial charge in [0.1, 0.15) is 17.5 Å². The molecule has 1 saturated heterocycles. The fraction of sp³-hybridized carbons (Fsp3) is 0.294. The Balaban J connectivity index is 1.83. The first kappa shape index (κ1) is 22.1. The molecule has 1 fully saturated rings. The van der Waals surface area contributed by atoms with Gasteiger partial charge in [0, 0.05) is 25.0 Å². The van der Waals surface area contributed by atoms with Gasteiger partial charge in [0.2, 0.25) is 20.0 Å². The molecule has 0 radical (unpaired) electrons. The van der Waals surface area contributed by atoms with E-state index in [1.165, 1.54) is 29.7 Å². The zero-order chi connectivity index (χ0) is 21.9. The second-order valence-electron chi connectivity index (χ2n) is 6.65. The summed E-state index contributed by atoms with van der Waals surface area (Å²) in [5.74, 6) is -0.0358. The number of amides is 1. The minimum atomic E-state index is -4.16. The molecule has 0 unspecified atom stereocenters. The van der Waals surface area contributed by atoms with Crippen molar-refractivity contribution in [2.45, 2.75) is 23.4 Å². The van der Waals surface area contributed by atoms with E-state index in [0.29, 0.717) is 11.5 Å². The van der Waals surface area contributed by atoms with Crippen molar-refractivity contribution in [2.24, 2.45) is 0 Å². The lowest BCUT2D eigenvalue weighted by molar-refractivity contribution is -0.132. The molecule has 162 valence electrons. The summed E-state index contributed by atoms with van der Waals surface area (Å²) in [5, 5.41) is 8.96. The van der Waals surface area contributed by atoms with Gasteiger partial charge in [-0.3, -0.25) is 15.0 Å². The van der Waals surface area contributed by atoms with E-state index >= 15 is 0 Å². The quantitative estimate of drug-likeness (QED) is 0.390. The van der Waals surface area contributed by atoms with Gasteiger partial charge >= 0.3 is 0 Å². The van der Waals surface area contributed by atoms with Crippen LogP contribution in [0.3, 0.4) is 0 Å². The molecule has 0 aliphatic carbocycles. The van der Waals surface area contributed by atoms with Crippen LogP contribution in [-0.2, 0) is 24.8 Å². The zero-order valence-electron chi connectivity index (χ0n) is 15.8. The predicted molar refractivity (Wildman–Crippen MR) is 105 cm³/mol. The summed E-state index contributed by atoms with van der Waals surface area (Å²) in [6.45, 7) is -0.261. The van der Waals surface area contributed by atoms with Gasteiger partial charge in [-0.2, -0.15) is 4.31 Å². The number of carbonyl (C=O) groups excluding carboxylic acids is 1.